The standard InChI is InChI=1S/C18H22F6N4O5/c19-17(20,21)32-11-3-4-28(7-11)16(29)25-10-1-2-13(30-8-10)15-27-26-14(31-15)9-5-12(6-9)33-18(22,23)24/h9-13H,1-8H2,(H,25,29)/t9?,10-,11?,12?,13+/m0/s1. The summed E-state index contributed by atoms with van der Waals surface area (Å²) in [7, 11) is 0. The maximum atomic E-state index is 12.3. The normalized spacial score (nSPS) is 30.8. The molecule has 0 bridgehead atoms. The molecule has 0 radical (unpaired) electrons. The van der Waals surface area contributed by atoms with Crippen LogP contribution in [-0.4, -0.2) is 71.8 Å². The number of likely N-dealkylation sites (tertiary alicyclic amines) is 1. The first kappa shape index (κ1) is 24.0. The van der Waals surface area contributed by atoms with E-state index in [2.05, 4.69) is 25.0 Å². The van der Waals surface area contributed by atoms with Gasteiger partial charge in [-0.15, -0.1) is 36.5 Å². The van der Waals surface area contributed by atoms with E-state index in [-0.39, 0.29) is 62.7 Å². The smallest absolute Gasteiger partial charge is 0.422 e. The molecule has 186 valence electrons. The fraction of sp³-hybridized carbons (Fsp3) is 0.833. The highest BCUT2D eigenvalue weighted by Crippen LogP contribution is 2.41. The third kappa shape index (κ3) is 6.47. The van der Waals surface area contributed by atoms with Crippen LogP contribution in [0.1, 0.15) is 55.9 Å². The Kier molecular flexibility index (Phi) is 6.73. The number of alkyl halides is 6. The lowest BCUT2D eigenvalue weighted by Crippen LogP contribution is -2.47. The maximum Gasteiger partial charge on any atom is 0.522 e. The van der Waals surface area contributed by atoms with Crippen molar-refractivity contribution >= 4 is 6.03 Å². The van der Waals surface area contributed by atoms with Crippen LogP contribution < -0.4 is 5.32 Å². The molecule has 0 aromatic carbocycles. The van der Waals surface area contributed by atoms with Crippen LogP contribution >= 0.6 is 0 Å². The molecule has 33 heavy (non-hydrogen) atoms. The number of rotatable bonds is 5. The third-order valence-corrected chi connectivity index (χ3v) is 5.81. The van der Waals surface area contributed by atoms with Crippen molar-refractivity contribution in [1.82, 2.24) is 20.4 Å². The van der Waals surface area contributed by atoms with Gasteiger partial charge in [0.25, 0.3) is 0 Å². The first-order valence-electron chi connectivity index (χ1n) is 10.4. The van der Waals surface area contributed by atoms with E-state index in [1.807, 2.05) is 0 Å². The fourth-order valence-corrected chi connectivity index (χ4v) is 4.12. The number of ether oxygens (including phenoxy) is 3. The summed E-state index contributed by atoms with van der Waals surface area (Å²) >= 11 is 0. The summed E-state index contributed by atoms with van der Waals surface area (Å²) in [5, 5.41) is 10.6. The van der Waals surface area contributed by atoms with Crippen LogP contribution in [0.25, 0.3) is 0 Å². The van der Waals surface area contributed by atoms with Crippen LogP contribution in [0.3, 0.4) is 0 Å². The van der Waals surface area contributed by atoms with Gasteiger partial charge in [0.05, 0.1) is 24.9 Å². The minimum Gasteiger partial charge on any atom is -0.422 e. The van der Waals surface area contributed by atoms with E-state index >= 15 is 0 Å². The van der Waals surface area contributed by atoms with Crippen molar-refractivity contribution in [3.8, 4) is 0 Å². The molecular formula is C18H22F6N4O5. The third-order valence-electron chi connectivity index (χ3n) is 5.81. The van der Waals surface area contributed by atoms with Crippen molar-refractivity contribution < 1.29 is 49.8 Å². The molecule has 3 atom stereocenters. The molecule has 1 saturated carbocycles. The van der Waals surface area contributed by atoms with Gasteiger partial charge in [-0.3, -0.25) is 9.47 Å². The molecule has 1 aromatic rings. The van der Waals surface area contributed by atoms with Gasteiger partial charge < -0.3 is 19.4 Å². The highest BCUT2D eigenvalue weighted by Gasteiger charge is 2.43. The van der Waals surface area contributed by atoms with Gasteiger partial charge in [-0.25, -0.2) is 4.79 Å². The highest BCUT2D eigenvalue weighted by atomic mass is 19.4. The Bertz CT molecular complexity index is 820. The topological polar surface area (TPSA) is 99.0 Å². The summed E-state index contributed by atoms with van der Waals surface area (Å²) < 4.78 is 92.7. The van der Waals surface area contributed by atoms with Gasteiger partial charge in [0.2, 0.25) is 11.8 Å². The first-order chi connectivity index (χ1) is 15.4. The van der Waals surface area contributed by atoms with Crippen molar-refractivity contribution in [3.63, 3.8) is 0 Å². The Labute approximate surface area is 183 Å². The number of amides is 2. The molecule has 3 fully saturated rings. The predicted octanol–water partition coefficient (Wildman–Crippen LogP) is 3.39. The molecule has 9 nitrogen and oxygen atoms in total. The summed E-state index contributed by atoms with van der Waals surface area (Å²) in [6.45, 7) is 0.140. The van der Waals surface area contributed by atoms with E-state index in [1.165, 1.54) is 4.90 Å². The summed E-state index contributed by atoms with van der Waals surface area (Å²) in [4.78, 5) is 13.6. The molecule has 15 heteroatoms. The average Bonchev–Trinajstić information content (AvgIpc) is 3.33. The van der Waals surface area contributed by atoms with Crippen LogP contribution in [0.15, 0.2) is 4.42 Å². The number of carbonyl (C=O) groups excluding carboxylic acids is 1. The summed E-state index contributed by atoms with van der Waals surface area (Å²) in [6, 6.07) is -0.832. The summed E-state index contributed by atoms with van der Waals surface area (Å²) in [5.41, 5.74) is 0. The molecule has 4 rings (SSSR count). The SMILES string of the molecule is O=C(N[C@H]1CC[C@H](c2nnc(C3CC(OC(F)(F)F)C3)o2)OC1)N1CCC(OC(F)(F)F)C1. The number of nitrogens with zero attached hydrogens (tertiary/aromatic N) is 3. The molecule has 3 aliphatic rings. The van der Waals surface area contributed by atoms with Crippen molar-refractivity contribution in [2.75, 3.05) is 19.7 Å². The van der Waals surface area contributed by atoms with Gasteiger partial charge in [0.15, 0.2) is 0 Å². The summed E-state index contributed by atoms with van der Waals surface area (Å²) in [5.74, 6) is 0.136. The van der Waals surface area contributed by atoms with E-state index in [1.54, 1.807) is 0 Å². The Hall–Kier alpha value is -2.13. The van der Waals surface area contributed by atoms with Crippen molar-refractivity contribution in [2.45, 2.75) is 75.1 Å². The second kappa shape index (κ2) is 9.25. The molecule has 2 saturated heterocycles. The van der Waals surface area contributed by atoms with E-state index in [9.17, 15) is 31.1 Å². The zero-order valence-corrected chi connectivity index (χ0v) is 17.2. The van der Waals surface area contributed by atoms with Gasteiger partial charge in [0, 0.05) is 19.0 Å². The minimum absolute atomic E-state index is 0.0970. The number of carbonyl (C=O) groups is 1. The maximum absolute atomic E-state index is 12.3. The quantitative estimate of drug-likeness (QED) is 0.635. The zero-order chi connectivity index (χ0) is 23.8. The van der Waals surface area contributed by atoms with Gasteiger partial charge in [-0.2, -0.15) is 0 Å². The second-order valence-electron chi connectivity index (χ2n) is 8.30. The van der Waals surface area contributed by atoms with Gasteiger partial charge in [-0.05, 0) is 32.1 Å². The van der Waals surface area contributed by atoms with E-state index < -0.39 is 37.1 Å². The van der Waals surface area contributed by atoms with Crippen molar-refractivity contribution in [3.05, 3.63) is 11.8 Å². The molecule has 1 N–H and O–H groups in total. The fourth-order valence-electron chi connectivity index (χ4n) is 4.12. The lowest BCUT2D eigenvalue weighted by atomic mass is 9.82. The molecule has 1 unspecified atom stereocenters. The van der Waals surface area contributed by atoms with Gasteiger partial charge in [-0.1, -0.05) is 0 Å². The Balaban J connectivity index is 1.18. The largest absolute Gasteiger partial charge is 0.522 e. The monoisotopic (exact) mass is 488 g/mol. The average molecular weight is 488 g/mol. The Morgan fingerprint density at radius 2 is 1.64 bits per heavy atom. The Morgan fingerprint density at radius 1 is 0.970 bits per heavy atom. The second-order valence-corrected chi connectivity index (χ2v) is 8.30. The predicted molar refractivity (Wildman–Crippen MR) is 94.6 cm³/mol. The lowest BCUT2D eigenvalue weighted by molar-refractivity contribution is -0.352. The zero-order valence-electron chi connectivity index (χ0n) is 17.2. The Morgan fingerprint density at radius 3 is 2.27 bits per heavy atom. The number of urea groups is 1. The van der Waals surface area contributed by atoms with Crippen LogP contribution in [0.5, 0.6) is 0 Å². The van der Waals surface area contributed by atoms with Gasteiger partial charge >= 0.3 is 18.8 Å². The van der Waals surface area contributed by atoms with Crippen LogP contribution in [-0.2, 0) is 14.2 Å². The van der Waals surface area contributed by atoms with E-state index in [4.69, 9.17) is 9.15 Å². The number of hydrogen-bond acceptors (Lipinski definition) is 7. The van der Waals surface area contributed by atoms with Crippen LogP contribution in [0.2, 0.25) is 0 Å². The minimum atomic E-state index is -4.74. The lowest BCUT2D eigenvalue weighted by Gasteiger charge is -2.33. The number of aromatic nitrogens is 2. The molecule has 2 aliphatic heterocycles. The molecule has 1 aliphatic carbocycles. The van der Waals surface area contributed by atoms with Crippen LogP contribution in [0, 0.1) is 0 Å². The summed E-state index contributed by atoms with van der Waals surface area (Å²) in [6.07, 6.45) is -10.6. The molecule has 3 heterocycles. The first-order valence-corrected chi connectivity index (χ1v) is 10.4. The molecule has 0 spiro atoms. The van der Waals surface area contributed by atoms with Crippen molar-refractivity contribution in [1.29, 1.82) is 0 Å². The van der Waals surface area contributed by atoms with Gasteiger partial charge in [0.1, 0.15) is 6.10 Å². The number of halogens is 6. The number of nitrogens with one attached hydrogen (secondary N) is 1. The number of hydrogen-bond donors (Lipinski definition) is 1. The van der Waals surface area contributed by atoms with E-state index in [0.29, 0.717) is 12.8 Å². The highest BCUT2D eigenvalue weighted by molar-refractivity contribution is 5.74. The molecule has 1 aromatic heterocycles. The van der Waals surface area contributed by atoms with Crippen LogP contribution in [0.4, 0.5) is 31.1 Å². The molecule has 2 amide bonds. The van der Waals surface area contributed by atoms with E-state index in [0.717, 1.165) is 0 Å². The molecular weight excluding hydrogens is 466 g/mol. The van der Waals surface area contributed by atoms with Crippen molar-refractivity contribution in [2.24, 2.45) is 0 Å².